The van der Waals surface area contributed by atoms with E-state index in [1.54, 1.807) is 0 Å². The van der Waals surface area contributed by atoms with Crippen LogP contribution in [-0.2, 0) is 16.2 Å². The summed E-state index contributed by atoms with van der Waals surface area (Å²) in [6.07, 6.45) is 0.750. The molecular formula is CH5N2O2S+. The standard InChI is InChI=1S/CH4N2.O2S/c2-1-3;1-3-2/h1H,(H3,2,3);/p+1. The minimum Gasteiger partial charge on any atom is -0.390 e. The highest BCUT2D eigenvalue weighted by molar-refractivity contribution is 7.59. The Morgan fingerprint density at radius 3 is 2.00 bits per heavy atom. The highest BCUT2D eigenvalue weighted by Crippen LogP contribution is 1.12. The third-order valence-corrected chi connectivity index (χ3v) is 0. The van der Waals surface area contributed by atoms with Crippen molar-refractivity contribution in [2.45, 2.75) is 0 Å². The van der Waals surface area contributed by atoms with E-state index in [1.165, 1.54) is 0 Å². The topological polar surface area (TPSA) is 87.2 Å². The first-order valence-corrected chi connectivity index (χ1v) is 1.67. The van der Waals surface area contributed by atoms with Crippen LogP contribution in [-0.4, -0.2) is 10.9 Å². The van der Waals surface area contributed by atoms with E-state index in [0.717, 1.165) is 6.34 Å². The highest BCUT2D eigenvalue weighted by Gasteiger charge is 1.61. The van der Waals surface area contributed by atoms with Gasteiger partial charge in [-0.2, -0.15) is 0 Å². The lowest BCUT2D eigenvalue weighted by Crippen LogP contribution is -1.81. The Morgan fingerprint density at radius 2 is 2.00 bits per heavy atom. The molecule has 0 rings (SSSR count). The van der Waals surface area contributed by atoms with E-state index in [0.29, 0.717) is 0 Å². The molecule has 0 saturated carbocycles. The Morgan fingerprint density at radius 1 is 2.00 bits per heavy atom. The summed E-state index contributed by atoms with van der Waals surface area (Å²) in [4.78, 5) is 0. The van der Waals surface area contributed by atoms with E-state index in [2.05, 4.69) is 5.73 Å². The van der Waals surface area contributed by atoms with Crippen molar-refractivity contribution >= 4 is 18.3 Å². The maximum atomic E-state index is 8.40. The monoisotopic (exact) mass is 109 g/mol. The summed E-state index contributed by atoms with van der Waals surface area (Å²) >= 11 is -0.500. The summed E-state index contributed by atoms with van der Waals surface area (Å²) in [6.45, 7) is 0. The molecule has 0 aliphatic carbocycles. The first-order chi connectivity index (χ1) is 2.83. The third-order valence-electron chi connectivity index (χ3n) is 0. The smallest absolute Gasteiger partial charge is 0.390 e. The normalized spacial score (nSPS) is 4.17. The van der Waals surface area contributed by atoms with Gasteiger partial charge >= 0.3 is 11.9 Å². The van der Waals surface area contributed by atoms with E-state index >= 15 is 0 Å². The van der Waals surface area contributed by atoms with Crippen LogP contribution >= 0.6 is 0 Å². The molecule has 0 aliphatic rings. The molecule has 0 amide bonds. The molecule has 0 unspecified atom stereocenters. The lowest BCUT2D eigenvalue weighted by Gasteiger charge is -1.38. The van der Waals surface area contributed by atoms with Crippen molar-refractivity contribution in [1.82, 2.24) is 0 Å². The summed E-state index contributed by atoms with van der Waals surface area (Å²) in [5, 5.41) is 5.86. The van der Waals surface area contributed by atoms with E-state index in [4.69, 9.17) is 14.2 Å². The van der Waals surface area contributed by atoms with Crippen LogP contribution in [0.1, 0.15) is 0 Å². The third kappa shape index (κ3) is 68.5. The van der Waals surface area contributed by atoms with E-state index in [9.17, 15) is 0 Å². The molecule has 0 aliphatic heterocycles. The van der Waals surface area contributed by atoms with Crippen molar-refractivity contribution in [2.75, 3.05) is 0 Å². The predicted octanol–water partition coefficient (Wildman–Crippen LogP) is -0.560. The zero-order chi connectivity index (χ0) is 5.41. The van der Waals surface area contributed by atoms with Gasteiger partial charge in [0.2, 0.25) is 0 Å². The quantitative estimate of drug-likeness (QED) is 0.169. The minimum absolute atomic E-state index is 0.500. The molecule has 4 N–H and O–H groups in total. The molecule has 0 aromatic heterocycles. The number of nitrogens with two attached hydrogens (primary N) is 1. The molecule has 6 heavy (non-hydrogen) atoms. The summed E-state index contributed by atoms with van der Waals surface area (Å²) in [5.41, 5.74) is 4.39. The lowest BCUT2D eigenvalue weighted by molar-refractivity contribution is 0.538. The zero-order valence-electron chi connectivity index (χ0n) is 2.92. The first-order valence-electron chi connectivity index (χ1n) is 0.971. The minimum atomic E-state index is -0.500. The second-order valence-corrected chi connectivity index (χ2v) is 0.390. The van der Waals surface area contributed by atoms with Crippen LogP contribution in [0.25, 0.3) is 0 Å². The second-order valence-electron chi connectivity index (χ2n) is 0.241. The van der Waals surface area contributed by atoms with Crippen LogP contribution in [0.4, 0.5) is 0 Å². The molecule has 0 saturated heterocycles. The summed E-state index contributed by atoms with van der Waals surface area (Å²) in [5.74, 6) is 0. The van der Waals surface area contributed by atoms with Gasteiger partial charge in [0.25, 0.3) is 0 Å². The van der Waals surface area contributed by atoms with E-state index < -0.39 is 11.9 Å². The van der Waals surface area contributed by atoms with Crippen molar-refractivity contribution < 1.29 is 8.76 Å². The van der Waals surface area contributed by atoms with Gasteiger partial charge in [-0.15, -0.1) is 0 Å². The van der Waals surface area contributed by atoms with Gasteiger partial charge in [0.15, 0.2) is 0 Å². The second kappa shape index (κ2) is 25.2. The van der Waals surface area contributed by atoms with Crippen LogP contribution in [0.3, 0.4) is 0 Å². The Hall–Kier alpha value is -0.550. The summed E-state index contributed by atoms with van der Waals surface area (Å²) in [7, 11) is 0. The average molecular weight is 109 g/mol. The largest absolute Gasteiger partial charge is 0.690 e. The van der Waals surface area contributed by atoms with Crippen molar-refractivity contribution in [3.05, 3.63) is 0 Å². The zero-order valence-corrected chi connectivity index (χ0v) is 3.73. The highest BCUT2D eigenvalue weighted by atomic mass is 32.2. The van der Waals surface area contributed by atoms with Crippen molar-refractivity contribution in [3.8, 4) is 0 Å². The molecule has 0 spiro atoms. The summed E-state index contributed by atoms with van der Waals surface area (Å²) in [6, 6.07) is 0. The number of hydrogen-bond donors (Lipinski definition) is 3. The van der Waals surface area contributed by atoms with Crippen molar-refractivity contribution in [3.63, 3.8) is 0 Å². The fourth-order valence-electron chi connectivity index (χ4n) is 0. The molecule has 4 nitrogen and oxygen atoms in total. The van der Waals surface area contributed by atoms with Crippen LogP contribution in [0, 0.1) is 5.41 Å². The van der Waals surface area contributed by atoms with Gasteiger partial charge in [0, 0.05) is 0 Å². The molecule has 0 fully saturated rings. The van der Waals surface area contributed by atoms with Gasteiger partial charge in [0.05, 0.1) is 10.5 Å². The first kappa shape index (κ1) is 9.07. The van der Waals surface area contributed by atoms with Gasteiger partial charge in [-0.1, -0.05) is 4.55 Å². The Kier molecular flexibility index (Phi) is 38.1. The van der Waals surface area contributed by atoms with Gasteiger partial charge < -0.3 is 5.73 Å². The number of rotatable bonds is 0. The molecule has 0 atom stereocenters. The fraction of sp³-hybridized carbons (Fsp3) is 0. The van der Waals surface area contributed by atoms with Gasteiger partial charge in [-0.05, 0) is 0 Å². The van der Waals surface area contributed by atoms with Crippen LogP contribution < -0.4 is 5.73 Å². The molecule has 0 aromatic rings. The summed E-state index contributed by atoms with van der Waals surface area (Å²) < 4.78 is 15.3. The number of hydrogen-bond acceptors (Lipinski definition) is 2. The van der Waals surface area contributed by atoms with Gasteiger partial charge in [-0.25, -0.2) is 0 Å². The maximum absolute atomic E-state index is 8.40. The predicted molar refractivity (Wildman–Crippen MR) is 23.7 cm³/mol. The Balaban J connectivity index is 0. The molecular weight excluding hydrogens is 104 g/mol. The molecule has 0 radical (unpaired) electrons. The van der Waals surface area contributed by atoms with Crippen LogP contribution in [0.15, 0.2) is 0 Å². The molecule has 5 heteroatoms. The number of nitrogens with one attached hydrogen (secondary N) is 1. The maximum Gasteiger partial charge on any atom is 0.690 e. The molecule has 0 heterocycles. The Labute approximate surface area is 39.2 Å². The average Bonchev–Trinajstić information content (AvgIpc) is 1.39. The molecule has 0 bridgehead atoms. The van der Waals surface area contributed by atoms with Crippen molar-refractivity contribution in [2.24, 2.45) is 5.73 Å². The van der Waals surface area contributed by atoms with Gasteiger partial charge in [0.1, 0.15) is 0 Å². The Bertz CT molecular complexity index is 32.5. The van der Waals surface area contributed by atoms with E-state index in [1.807, 2.05) is 0 Å². The molecule has 0 aromatic carbocycles. The fourth-order valence-corrected chi connectivity index (χ4v) is 0. The molecule has 36 valence electrons. The van der Waals surface area contributed by atoms with Crippen LogP contribution in [0.2, 0.25) is 0 Å². The lowest BCUT2D eigenvalue weighted by atomic mass is 11.4. The van der Waals surface area contributed by atoms with Crippen molar-refractivity contribution in [1.29, 1.82) is 5.41 Å². The van der Waals surface area contributed by atoms with Crippen LogP contribution in [0.5, 0.6) is 0 Å². The SMILES string of the molecule is N=CN.O=[S+]O. The van der Waals surface area contributed by atoms with Gasteiger partial charge in [-0.3, -0.25) is 5.41 Å². The van der Waals surface area contributed by atoms with E-state index in [-0.39, 0.29) is 0 Å².